The van der Waals surface area contributed by atoms with Gasteiger partial charge in [0.15, 0.2) is 5.82 Å². The quantitative estimate of drug-likeness (QED) is 0.816. The first kappa shape index (κ1) is 17.0. The van der Waals surface area contributed by atoms with Crippen molar-refractivity contribution in [3.63, 3.8) is 0 Å². The first-order valence-electron chi connectivity index (χ1n) is 7.71. The van der Waals surface area contributed by atoms with Crippen molar-refractivity contribution in [2.75, 3.05) is 19.7 Å². The van der Waals surface area contributed by atoms with Crippen molar-refractivity contribution in [2.45, 2.75) is 31.8 Å². The number of sulfonamides is 1. The molecule has 0 aromatic carbocycles. The van der Waals surface area contributed by atoms with Crippen LogP contribution in [-0.4, -0.2) is 52.2 Å². The van der Waals surface area contributed by atoms with Gasteiger partial charge in [0.1, 0.15) is 11.0 Å². The van der Waals surface area contributed by atoms with Crippen LogP contribution in [-0.2, 0) is 21.8 Å². The molecule has 0 radical (unpaired) electrons. The van der Waals surface area contributed by atoms with Crippen molar-refractivity contribution in [2.24, 2.45) is 7.05 Å². The maximum Gasteiger partial charge on any atom is 0.246 e. The Morgan fingerprint density at radius 2 is 1.88 bits per heavy atom. The molecule has 0 aliphatic carbocycles. The van der Waals surface area contributed by atoms with E-state index in [1.165, 1.54) is 15.2 Å². The van der Waals surface area contributed by atoms with Crippen molar-refractivity contribution in [1.29, 1.82) is 0 Å². The van der Waals surface area contributed by atoms with Gasteiger partial charge in [-0.15, -0.1) is 0 Å². The van der Waals surface area contributed by atoms with Crippen LogP contribution >= 0.6 is 0 Å². The highest BCUT2D eigenvalue weighted by molar-refractivity contribution is 7.89. The molecule has 1 aliphatic heterocycles. The molecule has 0 saturated carbocycles. The second kappa shape index (κ2) is 6.23. The van der Waals surface area contributed by atoms with Gasteiger partial charge in [0.05, 0.1) is 12.3 Å². The summed E-state index contributed by atoms with van der Waals surface area (Å²) in [5.74, 6) is 0.523. The van der Waals surface area contributed by atoms with Crippen LogP contribution in [0.3, 0.4) is 0 Å². The number of morpholine rings is 1. The third kappa shape index (κ3) is 3.19. The zero-order valence-corrected chi connectivity index (χ0v) is 15.0. The Morgan fingerprint density at radius 1 is 1.21 bits per heavy atom. The fourth-order valence-electron chi connectivity index (χ4n) is 2.87. The Balaban J connectivity index is 1.89. The normalized spacial score (nSPS) is 19.6. The summed E-state index contributed by atoms with van der Waals surface area (Å²) in [7, 11) is -1.91. The van der Waals surface area contributed by atoms with E-state index in [1.54, 1.807) is 14.0 Å². The second-order valence-corrected chi connectivity index (χ2v) is 7.89. The molecule has 0 amide bonds. The summed E-state index contributed by atoms with van der Waals surface area (Å²) in [6.07, 6.45) is 1.06. The third-order valence-electron chi connectivity index (χ3n) is 3.90. The highest BCUT2D eigenvalue weighted by Crippen LogP contribution is 2.26. The summed E-state index contributed by atoms with van der Waals surface area (Å²) in [4.78, 5) is 9.02. The Bertz CT molecular complexity index is 842. The molecule has 3 rings (SSSR count). The molecule has 0 spiro atoms. The van der Waals surface area contributed by atoms with Crippen molar-refractivity contribution >= 4 is 10.0 Å². The lowest BCUT2D eigenvalue weighted by atomic mass is 10.2. The first-order chi connectivity index (χ1) is 11.3. The van der Waals surface area contributed by atoms with Crippen molar-refractivity contribution in [1.82, 2.24) is 24.1 Å². The van der Waals surface area contributed by atoms with Gasteiger partial charge in [-0.2, -0.15) is 9.40 Å². The lowest BCUT2D eigenvalue weighted by Crippen LogP contribution is -2.42. The summed E-state index contributed by atoms with van der Waals surface area (Å²) in [5.41, 5.74) is 2.16. The average molecular weight is 351 g/mol. The largest absolute Gasteiger partial charge is 0.367 e. The van der Waals surface area contributed by atoms with Crippen LogP contribution in [0.15, 0.2) is 17.2 Å². The number of hydrogen-bond acceptors (Lipinski definition) is 6. The van der Waals surface area contributed by atoms with E-state index in [-0.39, 0.29) is 11.4 Å². The molecule has 1 atom stereocenters. The number of rotatable bonds is 3. The first-order valence-corrected chi connectivity index (χ1v) is 9.15. The van der Waals surface area contributed by atoms with Gasteiger partial charge in [-0.25, -0.2) is 18.4 Å². The molecule has 2 aromatic heterocycles. The minimum absolute atomic E-state index is 0.194. The van der Waals surface area contributed by atoms with E-state index in [0.29, 0.717) is 24.7 Å². The summed E-state index contributed by atoms with van der Waals surface area (Å²) in [5, 5.41) is 4.13. The number of hydrogen-bond donors (Lipinski definition) is 0. The molecule has 1 fully saturated rings. The molecule has 3 heterocycles. The number of aryl methyl sites for hydroxylation is 4. The van der Waals surface area contributed by atoms with Crippen molar-refractivity contribution < 1.29 is 13.2 Å². The van der Waals surface area contributed by atoms with Crippen LogP contribution in [0, 0.1) is 20.8 Å². The van der Waals surface area contributed by atoms with E-state index in [1.807, 2.05) is 19.9 Å². The molecular formula is C15H21N5O3S. The van der Waals surface area contributed by atoms with Gasteiger partial charge < -0.3 is 4.74 Å². The monoisotopic (exact) mass is 351 g/mol. The van der Waals surface area contributed by atoms with E-state index in [4.69, 9.17) is 4.74 Å². The van der Waals surface area contributed by atoms with Gasteiger partial charge in [-0.3, -0.25) is 4.68 Å². The average Bonchev–Trinajstić information content (AvgIpc) is 2.86. The Kier molecular flexibility index (Phi) is 4.41. The Morgan fingerprint density at radius 3 is 2.46 bits per heavy atom. The molecule has 1 saturated heterocycles. The molecule has 1 aliphatic rings. The molecule has 24 heavy (non-hydrogen) atoms. The lowest BCUT2D eigenvalue weighted by Gasteiger charge is -2.31. The topological polar surface area (TPSA) is 90.2 Å². The van der Waals surface area contributed by atoms with E-state index >= 15 is 0 Å². The molecule has 9 heteroatoms. The summed E-state index contributed by atoms with van der Waals surface area (Å²) >= 11 is 0. The number of aromatic nitrogens is 4. The zero-order chi connectivity index (χ0) is 17.5. The highest BCUT2D eigenvalue weighted by Gasteiger charge is 2.34. The lowest BCUT2D eigenvalue weighted by molar-refractivity contribution is -0.00770. The van der Waals surface area contributed by atoms with E-state index in [2.05, 4.69) is 15.1 Å². The Hall–Kier alpha value is -1.84. The van der Waals surface area contributed by atoms with Gasteiger partial charge in [-0.05, 0) is 26.8 Å². The molecule has 130 valence electrons. The second-order valence-electron chi connectivity index (χ2n) is 5.98. The van der Waals surface area contributed by atoms with Gasteiger partial charge in [-0.1, -0.05) is 0 Å². The number of nitrogens with zero attached hydrogens (tertiary/aromatic N) is 5. The van der Waals surface area contributed by atoms with Crippen LogP contribution < -0.4 is 0 Å². The molecule has 0 N–H and O–H groups in total. The van der Waals surface area contributed by atoms with E-state index < -0.39 is 16.1 Å². The van der Waals surface area contributed by atoms with Crippen LogP contribution in [0.2, 0.25) is 0 Å². The minimum Gasteiger partial charge on any atom is -0.367 e. The summed E-state index contributed by atoms with van der Waals surface area (Å²) in [6.45, 7) is 6.26. The van der Waals surface area contributed by atoms with Gasteiger partial charge >= 0.3 is 0 Å². The highest BCUT2D eigenvalue weighted by atomic mass is 32.2. The van der Waals surface area contributed by atoms with Crippen LogP contribution in [0.4, 0.5) is 0 Å². The molecule has 0 bridgehead atoms. The maximum atomic E-state index is 12.9. The van der Waals surface area contributed by atoms with E-state index in [0.717, 1.165) is 11.4 Å². The molecule has 0 unspecified atom stereocenters. The van der Waals surface area contributed by atoms with Gasteiger partial charge in [0.2, 0.25) is 10.0 Å². The zero-order valence-electron chi connectivity index (χ0n) is 14.2. The smallest absolute Gasteiger partial charge is 0.246 e. The fraction of sp³-hybridized carbons (Fsp3) is 0.533. The predicted molar refractivity (Wildman–Crippen MR) is 86.9 cm³/mol. The van der Waals surface area contributed by atoms with Crippen LogP contribution in [0.25, 0.3) is 0 Å². The summed E-state index contributed by atoms with van der Waals surface area (Å²) in [6, 6.07) is 1.87. The SMILES string of the molecule is Cc1cc(C)nc([C@H]2CN(S(=O)(=O)c3cn(C)nc3C)CCO2)n1. The van der Waals surface area contributed by atoms with Crippen LogP contribution in [0.1, 0.15) is 29.0 Å². The van der Waals surface area contributed by atoms with E-state index in [9.17, 15) is 8.42 Å². The molecule has 2 aromatic rings. The standard InChI is InChI=1S/C15H21N5O3S/c1-10-7-11(2)17-15(16-10)13-8-20(5-6-23-13)24(21,22)14-9-19(4)18-12(14)3/h7,9,13H,5-6,8H2,1-4H3/t13-/m1/s1. The molecule has 8 nitrogen and oxygen atoms in total. The Labute approximate surface area is 141 Å². The minimum atomic E-state index is -3.62. The van der Waals surface area contributed by atoms with Crippen molar-refractivity contribution in [3.05, 3.63) is 35.2 Å². The summed E-state index contributed by atoms with van der Waals surface area (Å²) < 4.78 is 34.5. The fourth-order valence-corrected chi connectivity index (χ4v) is 4.49. The van der Waals surface area contributed by atoms with Crippen molar-refractivity contribution in [3.8, 4) is 0 Å². The van der Waals surface area contributed by atoms with Crippen LogP contribution in [0.5, 0.6) is 0 Å². The predicted octanol–water partition coefficient (Wildman–Crippen LogP) is 0.898. The van der Waals surface area contributed by atoms with Gasteiger partial charge in [0.25, 0.3) is 0 Å². The maximum absolute atomic E-state index is 12.9. The molecular weight excluding hydrogens is 330 g/mol. The number of ether oxygens (including phenoxy) is 1. The van der Waals surface area contributed by atoms with Gasteiger partial charge in [0, 0.05) is 37.7 Å². The third-order valence-corrected chi connectivity index (χ3v) is 5.87.